The van der Waals surface area contributed by atoms with Crippen molar-refractivity contribution in [3.63, 3.8) is 0 Å². The maximum absolute atomic E-state index is 11.4. The van der Waals surface area contributed by atoms with Gasteiger partial charge >= 0.3 is 0 Å². The van der Waals surface area contributed by atoms with Gasteiger partial charge in [-0.25, -0.2) is 0 Å². The average Bonchev–Trinajstić information content (AvgIpc) is 2.38. The molecule has 0 fully saturated rings. The summed E-state index contributed by atoms with van der Waals surface area (Å²) in [5, 5.41) is 0. The Morgan fingerprint density at radius 1 is 1.11 bits per heavy atom. The number of rotatable bonds is 4. The van der Waals surface area contributed by atoms with E-state index in [9.17, 15) is 4.79 Å². The molecule has 0 amide bonds. The number of benzene rings is 2. The summed E-state index contributed by atoms with van der Waals surface area (Å²) in [5.41, 5.74) is 1.69. The van der Waals surface area contributed by atoms with Gasteiger partial charge in [0.05, 0.1) is 5.56 Å². The Morgan fingerprint density at radius 2 is 1.78 bits per heavy atom. The highest BCUT2D eigenvalue weighted by Crippen LogP contribution is 2.20. The fraction of sp³-hybridized carbons (Fsp3) is 0.133. The lowest BCUT2D eigenvalue weighted by molar-refractivity contribution is 0.101. The molecule has 18 heavy (non-hydrogen) atoms. The van der Waals surface area contributed by atoms with E-state index in [2.05, 4.69) is 15.9 Å². The van der Waals surface area contributed by atoms with Crippen LogP contribution in [0, 0.1) is 0 Å². The fourth-order valence-corrected chi connectivity index (χ4v) is 1.89. The van der Waals surface area contributed by atoms with Gasteiger partial charge in [-0.05, 0) is 36.8 Å². The van der Waals surface area contributed by atoms with Crippen molar-refractivity contribution < 1.29 is 9.53 Å². The second-order valence-electron chi connectivity index (χ2n) is 3.97. The molecule has 0 N–H and O–H groups in total. The van der Waals surface area contributed by atoms with Gasteiger partial charge in [-0.15, -0.1) is 0 Å². The van der Waals surface area contributed by atoms with Crippen LogP contribution in [0.5, 0.6) is 5.75 Å². The number of ketones is 1. The molecule has 0 aliphatic carbocycles. The van der Waals surface area contributed by atoms with Crippen molar-refractivity contribution >= 4 is 21.7 Å². The van der Waals surface area contributed by atoms with Crippen LogP contribution in [-0.2, 0) is 6.61 Å². The number of carbonyl (C=O) groups is 1. The van der Waals surface area contributed by atoms with Gasteiger partial charge in [-0.2, -0.15) is 0 Å². The minimum absolute atomic E-state index is 0.0152. The minimum Gasteiger partial charge on any atom is -0.488 e. The van der Waals surface area contributed by atoms with Gasteiger partial charge in [-0.3, -0.25) is 4.79 Å². The monoisotopic (exact) mass is 304 g/mol. The summed E-state index contributed by atoms with van der Waals surface area (Å²) in [6, 6.07) is 15.2. The molecule has 2 aromatic carbocycles. The molecular formula is C15H13BrO2. The Balaban J connectivity index is 2.10. The van der Waals surface area contributed by atoms with Gasteiger partial charge in [0.2, 0.25) is 0 Å². The van der Waals surface area contributed by atoms with E-state index >= 15 is 0 Å². The highest BCUT2D eigenvalue weighted by molar-refractivity contribution is 9.10. The molecule has 92 valence electrons. The third kappa shape index (κ3) is 3.20. The molecule has 0 aromatic heterocycles. The number of hydrogen-bond acceptors (Lipinski definition) is 2. The van der Waals surface area contributed by atoms with Crippen LogP contribution in [0.2, 0.25) is 0 Å². The topological polar surface area (TPSA) is 26.3 Å². The first-order valence-corrected chi connectivity index (χ1v) is 6.43. The largest absolute Gasteiger partial charge is 0.488 e. The van der Waals surface area contributed by atoms with E-state index in [1.807, 2.05) is 42.5 Å². The zero-order valence-electron chi connectivity index (χ0n) is 10.0. The van der Waals surface area contributed by atoms with Crippen LogP contribution in [0.4, 0.5) is 0 Å². The normalized spacial score (nSPS) is 10.1. The van der Waals surface area contributed by atoms with E-state index in [0.29, 0.717) is 17.9 Å². The van der Waals surface area contributed by atoms with Gasteiger partial charge in [0.25, 0.3) is 0 Å². The molecular weight excluding hydrogens is 292 g/mol. The summed E-state index contributed by atoms with van der Waals surface area (Å²) in [4.78, 5) is 11.4. The van der Waals surface area contributed by atoms with Gasteiger partial charge in [-0.1, -0.05) is 40.2 Å². The molecule has 2 aromatic rings. The van der Waals surface area contributed by atoms with Crippen LogP contribution in [-0.4, -0.2) is 5.78 Å². The van der Waals surface area contributed by atoms with Crippen LogP contribution in [0.15, 0.2) is 53.0 Å². The number of Topliss-reactive ketones (excluding diaryl/α,β-unsaturated/α-hetero) is 1. The number of carbonyl (C=O) groups excluding carboxylic acids is 1. The van der Waals surface area contributed by atoms with E-state index in [0.717, 1.165) is 10.0 Å². The first kappa shape index (κ1) is 12.8. The van der Waals surface area contributed by atoms with E-state index < -0.39 is 0 Å². The second-order valence-corrected chi connectivity index (χ2v) is 4.88. The summed E-state index contributed by atoms with van der Waals surface area (Å²) in [7, 11) is 0. The predicted octanol–water partition coefficient (Wildman–Crippen LogP) is 4.23. The van der Waals surface area contributed by atoms with E-state index in [4.69, 9.17) is 4.74 Å². The first-order chi connectivity index (χ1) is 8.66. The van der Waals surface area contributed by atoms with Crippen molar-refractivity contribution in [1.82, 2.24) is 0 Å². The average molecular weight is 305 g/mol. The Labute approximate surface area is 115 Å². The number of halogens is 1. The van der Waals surface area contributed by atoms with Gasteiger partial charge in [0.1, 0.15) is 12.4 Å². The van der Waals surface area contributed by atoms with Crippen molar-refractivity contribution in [2.24, 2.45) is 0 Å². The third-order valence-electron chi connectivity index (χ3n) is 2.57. The quantitative estimate of drug-likeness (QED) is 0.790. The minimum atomic E-state index is 0.0152. The number of ether oxygens (including phenoxy) is 1. The molecule has 0 saturated carbocycles. The van der Waals surface area contributed by atoms with Crippen molar-refractivity contribution in [1.29, 1.82) is 0 Å². The Bertz CT molecular complexity index is 547. The lowest BCUT2D eigenvalue weighted by atomic mass is 10.1. The fourth-order valence-electron chi connectivity index (χ4n) is 1.63. The van der Waals surface area contributed by atoms with Crippen molar-refractivity contribution in [2.75, 3.05) is 0 Å². The molecule has 0 heterocycles. The zero-order chi connectivity index (χ0) is 13.0. The van der Waals surface area contributed by atoms with Gasteiger partial charge in [0.15, 0.2) is 5.78 Å². The molecule has 0 spiro atoms. The smallest absolute Gasteiger partial charge is 0.163 e. The predicted molar refractivity (Wildman–Crippen MR) is 74.9 cm³/mol. The van der Waals surface area contributed by atoms with E-state index in [1.165, 1.54) is 0 Å². The van der Waals surface area contributed by atoms with Crippen molar-refractivity contribution in [3.05, 3.63) is 64.1 Å². The molecule has 0 unspecified atom stereocenters. The number of hydrogen-bond donors (Lipinski definition) is 0. The first-order valence-electron chi connectivity index (χ1n) is 5.64. The summed E-state index contributed by atoms with van der Waals surface area (Å²) in [6.07, 6.45) is 0. The Kier molecular flexibility index (Phi) is 4.15. The lowest BCUT2D eigenvalue weighted by Crippen LogP contribution is -2.01. The molecule has 0 atom stereocenters. The van der Waals surface area contributed by atoms with Crippen LogP contribution in [0.1, 0.15) is 22.8 Å². The molecule has 0 saturated heterocycles. The highest BCUT2D eigenvalue weighted by atomic mass is 79.9. The summed E-state index contributed by atoms with van der Waals surface area (Å²) in [6.45, 7) is 2.00. The Hall–Kier alpha value is -1.61. The Morgan fingerprint density at radius 3 is 2.44 bits per heavy atom. The molecule has 0 radical (unpaired) electrons. The molecule has 2 rings (SSSR count). The van der Waals surface area contributed by atoms with Crippen LogP contribution >= 0.6 is 15.9 Å². The third-order valence-corrected chi connectivity index (χ3v) is 3.10. The summed E-state index contributed by atoms with van der Waals surface area (Å²) in [5.74, 6) is 0.648. The summed E-state index contributed by atoms with van der Waals surface area (Å²) < 4.78 is 6.73. The molecule has 0 bridgehead atoms. The SMILES string of the molecule is CC(=O)c1ccccc1OCc1ccc(Br)cc1. The van der Waals surface area contributed by atoms with Gasteiger partial charge < -0.3 is 4.74 Å². The molecule has 2 nitrogen and oxygen atoms in total. The van der Waals surface area contributed by atoms with Crippen molar-refractivity contribution in [2.45, 2.75) is 13.5 Å². The van der Waals surface area contributed by atoms with Crippen LogP contribution < -0.4 is 4.74 Å². The maximum atomic E-state index is 11.4. The molecule has 0 aliphatic heterocycles. The van der Waals surface area contributed by atoms with Crippen LogP contribution in [0.25, 0.3) is 0 Å². The summed E-state index contributed by atoms with van der Waals surface area (Å²) >= 11 is 3.39. The second kappa shape index (κ2) is 5.83. The molecule has 3 heteroatoms. The maximum Gasteiger partial charge on any atom is 0.163 e. The van der Waals surface area contributed by atoms with E-state index in [-0.39, 0.29) is 5.78 Å². The zero-order valence-corrected chi connectivity index (χ0v) is 11.6. The van der Waals surface area contributed by atoms with Crippen molar-refractivity contribution in [3.8, 4) is 5.75 Å². The number of para-hydroxylation sites is 1. The molecule has 0 aliphatic rings. The lowest BCUT2D eigenvalue weighted by Gasteiger charge is -2.09. The van der Waals surface area contributed by atoms with E-state index in [1.54, 1.807) is 13.0 Å². The van der Waals surface area contributed by atoms with Gasteiger partial charge in [0, 0.05) is 4.47 Å². The standard InChI is InChI=1S/C15H13BrO2/c1-11(17)14-4-2-3-5-15(14)18-10-12-6-8-13(16)9-7-12/h2-9H,10H2,1H3. The van der Waals surface area contributed by atoms with Crippen LogP contribution in [0.3, 0.4) is 0 Å². The highest BCUT2D eigenvalue weighted by Gasteiger charge is 2.07.